The molecule has 2 aromatic heterocycles. The van der Waals surface area contributed by atoms with Crippen LogP contribution in [0.4, 0.5) is 0 Å². The third-order valence-electron chi connectivity index (χ3n) is 3.48. The highest BCUT2D eigenvalue weighted by molar-refractivity contribution is 7.17. The highest BCUT2D eigenvalue weighted by Crippen LogP contribution is 2.38. The molecule has 1 aliphatic rings. The van der Waals surface area contributed by atoms with Crippen molar-refractivity contribution in [2.75, 3.05) is 0 Å². The average Bonchev–Trinajstić information content (AvgIpc) is 3.15. The van der Waals surface area contributed by atoms with Crippen molar-refractivity contribution >= 4 is 21.4 Å². The lowest BCUT2D eigenvalue weighted by Gasteiger charge is -2.04. The van der Waals surface area contributed by atoms with E-state index in [0.29, 0.717) is 5.92 Å². The minimum absolute atomic E-state index is 0.0551. The van der Waals surface area contributed by atoms with Gasteiger partial charge in [-0.2, -0.15) is 0 Å². The van der Waals surface area contributed by atoms with Crippen molar-refractivity contribution in [3.63, 3.8) is 0 Å². The van der Waals surface area contributed by atoms with Crippen molar-refractivity contribution in [3.05, 3.63) is 51.9 Å². The summed E-state index contributed by atoms with van der Waals surface area (Å²) in [5.74, 6) is 1.30. The van der Waals surface area contributed by atoms with Crippen LogP contribution in [0.1, 0.15) is 24.6 Å². The molecular weight excluding hydrogens is 256 g/mol. The molecule has 1 fully saturated rings. The maximum absolute atomic E-state index is 11.8. The minimum Gasteiger partial charge on any atom is -0.310 e. The predicted octanol–water partition coefficient (Wildman–Crippen LogP) is 3.53. The molecule has 1 aromatic carbocycles. The quantitative estimate of drug-likeness (QED) is 0.772. The average molecular weight is 268 g/mol. The van der Waals surface area contributed by atoms with Gasteiger partial charge in [-0.25, -0.2) is 4.98 Å². The van der Waals surface area contributed by atoms with Gasteiger partial charge in [-0.1, -0.05) is 18.2 Å². The van der Waals surface area contributed by atoms with E-state index in [4.69, 9.17) is 0 Å². The number of hydrogen-bond acceptors (Lipinski definition) is 3. The van der Waals surface area contributed by atoms with Gasteiger partial charge in [-0.3, -0.25) is 4.79 Å². The van der Waals surface area contributed by atoms with Crippen molar-refractivity contribution in [3.8, 4) is 11.3 Å². The number of aromatic amines is 1. The van der Waals surface area contributed by atoms with Crippen LogP contribution in [0.15, 0.2) is 40.5 Å². The molecule has 0 atom stereocenters. The van der Waals surface area contributed by atoms with Gasteiger partial charge in [-0.15, -0.1) is 11.3 Å². The summed E-state index contributed by atoms with van der Waals surface area (Å²) in [7, 11) is 0. The van der Waals surface area contributed by atoms with Gasteiger partial charge in [0.25, 0.3) is 5.56 Å². The molecule has 19 heavy (non-hydrogen) atoms. The molecule has 0 radical (unpaired) electrons. The van der Waals surface area contributed by atoms with Crippen LogP contribution in [0, 0.1) is 0 Å². The smallest absolute Gasteiger partial charge is 0.251 e. The third kappa shape index (κ3) is 1.88. The molecule has 94 valence electrons. The molecule has 4 heteroatoms. The number of fused-ring (bicyclic) bond motifs is 1. The number of nitrogens with one attached hydrogen (secondary N) is 1. The van der Waals surface area contributed by atoms with E-state index in [0.717, 1.165) is 29.9 Å². The van der Waals surface area contributed by atoms with Crippen LogP contribution in [-0.4, -0.2) is 9.97 Å². The number of rotatable bonds is 2. The lowest BCUT2D eigenvalue weighted by atomic mass is 10.1. The molecule has 0 spiro atoms. The molecule has 1 aliphatic carbocycles. The lowest BCUT2D eigenvalue weighted by Crippen LogP contribution is -2.10. The zero-order chi connectivity index (χ0) is 12.8. The monoisotopic (exact) mass is 268 g/mol. The summed E-state index contributed by atoms with van der Waals surface area (Å²) in [4.78, 5) is 19.3. The molecule has 2 heterocycles. The van der Waals surface area contributed by atoms with Crippen LogP contribution in [0.25, 0.3) is 21.3 Å². The fourth-order valence-corrected chi connectivity index (χ4v) is 3.28. The molecule has 4 rings (SSSR count). The van der Waals surface area contributed by atoms with Crippen molar-refractivity contribution in [2.45, 2.75) is 18.8 Å². The lowest BCUT2D eigenvalue weighted by molar-refractivity contribution is 0.913. The van der Waals surface area contributed by atoms with Crippen LogP contribution in [0.2, 0.25) is 0 Å². The Bertz CT molecular complexity index is 814. The number of benzene rings is 1. The first-order chi connectivity index (χ1) is 9.31. The Morgan fingerprint density at radius 1 is 1.26 bits per heavy atom. The van der Waals surface area contributed by atoms with E-state index >= 15 is 0 Å². The van der Waals surface area contributed by atoms with Gasteiger partial charge in [0.2, 0.25) is 0 Å². The first kappa shape index (κ1) is 10.9. The van der Waals surface area contributed by atoms with E-state index in [1.165, 1.54) is 10.1 Å². The molecule has 0 unspecified atom stereocenters. The van der Waals surface area contributed by atoms with Crippen LogP contribution in [0.3, 0.4) is 0 Å². The number of nitrogens with zero attached hydrogens (tertiary/aromatic N) is 1. The standard InChI is InChI=1S/C15H12N2OS/c18-13-8-12(16-15(17-13)10-4-5-10)11-3-1-2-9-6-7-19-14(9)11/h1-3,6-8,10H,4-5H2,(H,16,17,18). The van der Waals surface area contributed by atoms with Crippen LogP contribution in [0.5, 0.6) is 0 Å². The maximum Gasteiger partial charge on any atom is 0.251 e. The van der Waals surface area contributed by atoms with E-state index in [1.807, 2.05) is 12.1 Å². The van der Waals surface area contributed by atoms with Gasteiger partial charge in [0, 0.05) is 22.2 Å². The van der Waals surface area contributed by atoms with Crippen molar-refractivity contribution in [1.29, 1.82) is 0 Å². The van der Waals surface area contributed by atoms with Gasteiger partial charge in [-0.05, 0) is 29.7 Å². The Morgan fingerprint density at radius 3 is 3.00 bits per heavy atom. The van der Waals surface area contributed by atoms with Gasteiger partial charge >= 0.3 is 0 Å². The van der Waals surface area contributed by atoms with Crippen molar-refractivity contribution in [2.24, 2.45) is 0 Å². The Kier molecular flexibility index (Phi) is 2.32. The second kappa shape index (κ2) is 4.03. The number of aromatic nitrogens is 2. The summed E-state index contributed by atoms with van der Waals surface area (Å²) in [6, 6.07) is 9.84. The molecule has 3 nitrogen and oxygen atoms in total. The second-order valence-electron chi connectivity index (χ2n) is 4.93. The summed E-state index contributed by atoms with van der Waals surface area (Å²) in [5, 5.41) is 3.28. The van der Waals surface area contributed by atoms with E-state index in [9.17, 15) is 4.79 Å². The van der Waals surface area contributed by atoms with Gasteiger partial charge in [0.15, 0.2) is 0 Å². The van der Waals surface area contributed by atoms with Crippen LogP contribution < -0.4 is 5.56 Å². The summed E-state index contributed by atoms with van der Waals surface area (Å²) < 4.78 is 1.20. The van der Waals surface area contributed by atoms with Crippen molar-refractivity contribution < 1.29 is 0 Å². The predicted molar refractivity (Wildman–Crippen MR) is 77.7 cm³/mol. The molecule has 3 aromatic rings. The molecule has 1 N–H and O–H groups in total. The summed E-state index contributed by atoms with van der Waals surface area (Å²) in [5.41, 5.74) is 1.79. The van der Waals surface area contributed by atoms with E-state index in [2.05, 4.69) is 27.5 Å². The normalized spacial score (nSPS) is 14.9. The number of hydrogen-bond donors (Lipinski definition) is 1. The summed E-state index contributed by atoms with van der Waals surface area (Å²) in [6.07, 6.45) is 2.27. The Labute approximate surface area is 114 Å². The molecule has 0 amide bonds. The van der Waals surface area contributed by atoms with Crippen LogP contribution in [-0.2, 0) is 0 Å². The second-order valence-corrected chi connectivity index (χ2v) is 5.85. The number of thiophene rings is 1. The molecule has 0 bridgehead atoms. The largest absolute Gasteiger partial charge is 0.310 e. The fraction of sp³-hybridized carbons (Fsp3) is 0.200. The summed E-state index contributed by atoms with van der Waals surface area (Å²) >= 11 is 1.69. The van der Waals surface area contributed by atoms with Crippen molar-refractivity contribution in [1.82, 2.24) is 9.97 Å². The van der Waals surface area contributed by atoms with Gasteiger partial charge < -0.3 is 4.98 Å². The highest BCUT2D eigenvalue weighted by Gasteiger charge is 2.26. The minimum atomic E-state index is -0.0551. The molecule has 1 saturated carbocycles. The van der Waals surface area contributed by atoms with Gasteiger partial charge in [0.05, 0.1) is 5.69 Å². The maximum atomic E-state index is 11.8. The first-order valence-electron chi connectivity index (χ1n) is 6.39. The fourth-order valence-electron chi connectivity index (χ4n) is 2.36. The van der Waals surface area contributed by atoms with Gasteiger partial charge in [0.1, 0.15) is 5.82 Å². The molecule has 0 saturated heterocycles. The van der Waals surface area contributed by atoms with E-state index in [1.54, 1.807) is 17.4 Å². The first-order valence-corrected chi connectivity index (χ1v) is 7.27. The zero-order valence-electron chi connectivity index (χ0n) is 10.2. The van der Waals surface area contributed by atoms with E-state index < -0.39 is 0 Å². The highest BCUT2D eigenvalue weighted by atomic mass is 32.1. The SMILES string of the molecule is O=c1cc(-c2cccc3ccsc23)nc(C2CC2)[nH]1. The third-order valence-corrected chi connectivity index (χ3v) is 4.44. The van der Waals surface area contributed by atoms with Crippen LogP contribution >= 0.6 is 11.3 Å². The Hall–Kier alpha value is -1.94. The molecule has 0 aliphatic heterocycles. The molecular formula is C15H12N2OS. The van der Waals surface area contributed by atoms with E-state index in [-0.39, 0.29) is 5.56 Å². The Morgan fingerprint density at radius 2 is 2.16 bits per heavy atom. The zero-order valence-corrected chi connectivity index (χ0v) is 11.0. The number of H-pyrrole nitrogens is 1. The Balaban J connectivity index is 1.96. The summed E-state index contributed by atoms with van der Waals surface area (Å²) in [6.45, 7) is 0. The topological polar surface area (TPSA) is 45.8 Å².